The van der Waals surface area contributed by atoms with Crippen molar-refractivity contribution in [2.45, 2.75) is 25.9 Å². The Balaban J connectivity index is 1.73. The smallest absolute Gasteiger partial charge is 0.251 e. The molecule has 1 unspecified atom stereocenters. The lowest BCUT2D eigenvalue weighted by atomic mass is 9.98. The van der Waals surface area contributed by atoms with Crippen molar-refractivity contribution in [1.82, 2.24) is 15.6 Å². The minimum absolute atomic E-state index is 0.0541. The highest BCUT2D eigenvalue weighted by Crippen LogP contribution is 2.17. The molecule has 1 aliphatic rings. The number of hydrogen-bond donors (Lipinski definition) is 2. The van der Waals surface area contributed by atoms with Gasteiger partial charge in [-0.3, -0.25) is 9.78 Å². The molecule has 108 valence electrons. The maximum absolute atomic E-state index is 12.4. The average molecular weight is 281 g/mol. The standard InChI is InChI=1S/C17H19N3O/c1-12(16-4-2-3-8-19-16)20-17(21)14-6-5-13-7-9-18-11-15(13)10-14/h2-6,8,10,12,18H,7,9,11H2,1H3,(H,20,21). The van der Waals surface area contributed by atoms with Gasteiger partial charge in [0.25, 0.3) is 5.91 Å². The van der Waals surface area contributed by atoms with E-state index in [2.05, 4.69) is 21.7 Å². The Morgan fingerprint density at radius 3 is 3.00 bits per heavy atom. The minimum Gasteiger partial charge on any atom is -0.344 e. The zero-order valence-electron chi connectivity index (χ0n) is 12.1. The molecule has 0 fully saturated rings. The molecule has 0 aliphatic carbocycles. The summed E-state index contributed by atoms with van der Waals surface area (Å²) in [6, 6.07) is 11.6. The summed E-state index contributed by atoms with van der Waals surface area (Å²) in [6.45, 7) is 3.79. The van der Waals surface area contributed by atoms with Crippen LogP contribution in [-0.4, -0.2) is 17.4 Å². The van der Waals surface area contributed by atoms with Gasteiger partial charge >= 0.3 is 0 Å². The molecule has 4 nitrogen and oxygen atoms in total. The number of aromatic nitrogens is 1. The Morgan fingerprint density at radius 1 is 1.29 bits per heavy atom. The molecule has 0 saturated carbocycles. The molecule has 1 aromatic carbocycles. The molecule has 0 spiro atoms. The van der Waals surface area contributed by atoms with Crippen molar-refractivity contribution < 1.29 is 4.79 Å². The van der Waals surface area contributed by atoms with Crippen molar-refractivity contribution in [3.8, 4) is 0 Å². The summed E-state index contributed by atoms with van der Waals surface area (Å²) in [5.41, 5.74) is 4.13. The average Bonchev–Trinajstić information content (AvgIpc) is 2.55. The predicted molar refractivity (Wildman–Crippen MR) is 82.0 cm³/mol. The molecule has 1 amide bonds. The third-order valence-electron chi connectivity index (χ3n) is 3.83. The van der Waals surface area contributed by atoms with E-state index in [1.54, 1.807) is 6.20 Å². The van der Waals surface area contributed by atoms with Gasteiger partial charge in [-0.05, 0) is 55.3 Å². The number of fused-ring (bicyclic) bond motifs is 1. The van der Waals surface area contributed by atoms with Gasteiger partial charge in [-0.2, -0.15) is 0 Å². The van der Waals surface area contributed by atoms with E-state index in [4.69, 9.17) is 0 Å². The maximum Gasteiger partial charge on any atom is 0.251 e. The fourth-order valence-corrected chi connectivity index (χ4v) is 2.61. The van der Waals surface area contributed by atoms with Crippen LogP contribution in [0, 0.1) is 0 Å². The first kappa shape index (κ1) is 13.8. The summed E-state index contributed by atoms with van der Waals surface area (Å²) in [5.74, 6) is -0.0541. The summed E-state index contributed by atoms with van der Waals surface area (Å²) in [4.78, 5) is 16.6. The Hall–Kier alpha value is -2.20. The molecule has 21 heavy (non-hydrogen) atoms. The van der Waals surface area contributed by atoms with Crippen molar-refractivity contribution in [1.29, 1.82) is 0 Å². The largest absolute Gasteiger partial charge is 0.344 e. The highest BCUT2D eigenvalue weighted by atomic mass is 16.1. The van der Waals surface area contributed by atoms with Gasteiger partial charge in [0.05, 0.1) is 11.7 Å². The van der Waals surface area contributed by atoms with Crippen LogP contribution in [-0.2, 0) is 13.0 Å². The number of nitrogens with one attached hydrogen (secondary N) is 2. The summed E-state index contributed by atoms with van der Waals surface area (Å²) in [5, 5.41) is 6.33. The van der Waals surface area contributed by atoms with E-state index in [0.717, 1.165) is 25.2 Å². The van der Waals surface area contributed by atoms with Crippen LogP contribution in [0.25, 0.3) is 0 Å². The number of pyridine rings is 1. The Bertz CT molecular complexity index is 640. The fraction of sp³-hybridized carbons (Fsp3) is 0.294. The topological polar surface area (TPSA) is 54.0 Å². The van der Waals surface area contributed by atoms with Gasteiger partial charge in [0.1, 0.15) is 0 Å². The van der Waals surface area contributed by atoms with E-state index in [1.165, 1.54) is 11.1 Å². The minimum atomic E-state index is -0.104. The van der Waals surface area contributed by atoms with Crippen LogP contribution in [0.2, 0.25) is 0 Å². The molecule has 3 rings (SSSR count). The van der Waals surface area contributed by atoms with Crippen molar-refractivity contribution in [3.63, 3.8) is 0 Å². The van der Waals surface area contributed by atoms with Gasteiger partial charge in [0.2, 0.25) is 0 Å². The lowest BCUT2D eigenvalue weighted by Crippen LogP contribution is -2.28. The van der Waals surface area contributed by atoms with Crippen LogP contribution in [0.4, 0.5) is 0 Å². The summed E-state index contributed by atoms with van der Waals surface area (Å²) in [6.07, 6.45) is 2.77. The van der Waals surface area contributed by atoms with Gasteiger partial charge in [-0.15, -0.1) is 0 Å². The summed E-state index contributed by atoms with van der Waals surface area (Å²) < 4.78 is 0. The Kier molecular flexibility index (Phi) is 3.97. The van der Waals surface area contributed by atoms with Crippen molar-refractivity contribution in [2.75, 3.05) is 6.54 Å². The van der Waals surface area contributed by atoms with Crippen LogP contribution in [0.15, 0.2) is 42.6 Å². The third-order valence-corrected chi connectivity index (χ3v) is 3.83. The fourth-order valence-electron chi connectivity index (χ4n) is 2.61. The van der Waals surface area contributed by atoms with Crippen LogP contribution in [0.1, 0.15) is 40.1 Å². The highest BCUT2D eigenvalue weighted by molar-refractivity contribution is 5.94. The highest BCUT2D eigenvalue weighted by Gasteiger charge is 2.15. The second-order valence-electron chi connectivity index (χ2n) is 5.36. The first-order valence-electron chi connectivity index (χ1n) is 7.28. The van der Waals surface area contributed by atoms with Crippen LogP contribution < -0.4 is 10.6 Å². The van der Waals surface area contributed by atoms with E-state index < -0.39 is 0 Å². The number of amides is 1. The van der Waals surface area contributed by atoms with Gasteiger partial charge in [0.15, 0.2) is 0 Å². The van der Waals surface area contributed by atoms with Gasteiger partial charge < -0.3 is 10.6 Å². The molecule has 0 bridgehead atoms. The van der Waals surface area contributed by atoms with Crippen LogP contribution >= 0.6 is 0 Å². The zero-order chi connectivity index (χ0) is 14.7. The van der Waals surface area contributed by atoms with E-state index in [-0.39, 0.29) is 11.9 Å². The zero-order valence-corrected chi connectivity index (χ0v) is 12.1. The Morgan fingerprint density at radius 2 is 2.19 bits per heavy atom. The normalized spacial score (nSPS) is 15.1. The molecule has 1 aromatic heterocycles. The van der Waals surface area contributed by atoms with E-state index >= 15 is 0 Å². The van der Waals surface area contributed by atoms with E-state index in [9.17, 15) is 4.79 Å². The van der Waals surface area contributed by atoms with E-state index in [0.29, 0.717) is 5.56 Å². The molecule has 0 radical (unpaired) electrons. The Labute approximate surface area is 124 Å². The molecular formula is C17H19N3O. The lowest BCUT2D eigenvalue weighted by Gasteiger charge is -2.18. The molecule has 0 saturated heterocycles. The van der Waals surface area contributed by atoms with Crippen LogP contribution in [0.5, 0.6) is 0 Å². The molecule has 1 atom stereocenters. The number of benzene rings is 1. The number of nitrogens with zero attached hydrogens (tertiary/aromatic N) is 1. The summed E-state index contributed by atoms with van der Waals surface area (Å²) >= 11 is 0. The van der Waals surface area contributed by atoms with Gasteiger partial charge in [0, 0.05) is 18.3 Å². The monoisotopic (exact) mass is 281 g/mol. The lowest BCUT2D eigenvalue weighted by molar-refractivity contribution is 0.0939. The van der Waals surface area contributed by atoms with E-state index in [1.807, 2.05) is 37.3 Å². The first-order chi connectivity index (χ1) is 10.2. The summed E-state index contributed by atoms with van der Waals surface area (Å²) in [7, 11) is 0. The third kappa shape index (κ3) is 3.11. The quantitative estimate of drug-likeness (QED) is 0.907. The second kappa shape index (κ2) is 6.06. The number of rotatable bonds is 3. The molecule has 2 N–H and O–H groups in total. The number of carbonyl (C=O) groups is 1. The number of hydrogen-bond acceptors (Lipinski definition) is 3. The predicted octanol–water partition coefficient (Wildman–Crippen LogP) is 2.22. The first-order valence-corrected chi connectivity index (χ1v) is 7.28. The SMILES string of the molecule is CC(NC(=O)c1ccc2c(c1)CNCC2)c1ccccn1. The van der Waals surface area contributed by atoms with Crippen molar-refractivity contribution >= 4 is 5.91 Å². The molecule has 4 heteroatoms. The second-order valence-corrected chi connectivity index (χ2v) is 5.36. The molecule has 2 aromatic rings. The number of carbonyl (C=O) groups excluding carboxylic acids is 1. The molecule has 2 heterocycles. The van der Waals surface area contributed by atoms with Gasteiger partial charge in [-0.1, -0.05) is 12.1 Å². The van der Waals surface area contributed by atoms with Crippen molar-refractivity contribution in [3.05, 3.63) is 65.0 Å². The maximum atomic E-state index is 12.4. The van der Waals surface area contributed by atoms with Crippen LogP contribution in [0.3, 0.4) is 0 Å². The van der Waals surface area contributed by atoms with Crippen molar-refractivity contribution in [2.24, 2.45) is 0 Å². The van der Waals surface area contributed by atoms with Gasteiger partial charge in [-0.25, -0.2) is 0 Å². The molecular weight excluding hydrogens is 262 g/mol. The molecule has 1 aliphatic heterocycles.